The molecule has 0 aliphatic rings. The molecule has 56 valence electrons. The molecule has 1 aromatic rings. The molecule has 0 aliphatic carbocycles. The van der Waals surface area contributed by atoms with E-state index in [4.69, 9.17) is 0 Å². The highest BCUT2D eigenvalue weighted by molar-refractivity contribution is 5.85. The first-order valence-electron chi connectivity index (χ1n) is 2.86. The third kappa shape index (κ3) is 2.23. The summed E-state index contributed by atoms with van der Waals surface area (Å²) >= 11 is 0. The van der Waals surface area contributed by atoms with Crippen LogP contribution in [0.4, 0.5) is 0 Å². The van der Waals surface area contributed by atoms with Crippen molar-refractivity contribution in [3.05, 3.63) is 33.7 Å². The van der Waals surface area contributed by atoms with Crippen LogP contribution in [0.3, 0.4) is 0 Å². The minimum Gasteiger partial charge on any atom is -0.327 e. The maximum absolute atomic E-state index is 10.7. The van der Waals surface area contributed by atoms with Crippen molar-refractivity contribution in [2.45, 2.75) is 13.8 Å². The fourth-order valence-electron chi connectivity index (χ4n) is 0.856. The normalized spacial score (nSPS) is 8.60. The smallest absolute Gasteiger partial charge is 0.248 e. The molecule has 0 fully saturated rings. The van der Waals surface area contributed by atoms with Crippen LogP contribution in [-0.2, 0) is 0 Å². The van der Waals surface area contributed by atoms with E-state index in [1.807, 2.05) is 19.9 Å². The minimum atomic E-state index is -0.0208. The fourth-order valence-corrected chi connectivity index (χ4v) is 0.856. The van der Waals surface area contributed by atoms with Gasteiger partial charge in [-0.05, 0) is 25.5 Å². The highest BCUT2D eigenvalue weighted by atomic mass is 35.5. The lowest BCUT2D eigenvalue weighted by Crippen LogP contribution is -2.05. The van der Waals surface area contributed by atoms with Crippen LogP contribution in [0.15, 0.2) is 16.9 Å². The van der Waals surface area contributed by atoms with Gasteiger partial charge in [0, 0.05) is 11.8 Å². The van der Waals surface area contributed by atoms with Crippen molar-refractivity contribution >= 4 is 12.4 Å². The molecule has 3 heteroatoms. The van der Waals surface area contributed by atoms with E-state index in [1.165, 1.54) is 0 Å². The first-order valence-corrected chi connectivity index (χ1v) is 2.86. The highest BCUT2D eigenvalue weighted by Gasteiger charge is 1.86. The summed E-state index contributed by atoms with van der Waals surface area (Å²) in [5, 5.41) is 0. The topological polar surface area (TPSA) is 32.9 Å². The summed E-state index contributed by atoms with van der Waals surface area (Å²) in [5.41, 5.74) is 1.91. The molecule has 0 aliphatic heterocycles. The lowest BCUT2D eigenvalue weighted by Gasteiger charge is -1.91. The van der Waals surface area contributed by atoms with Crippen LogP contribution in [0.2, 0.25) is 0 Å². The Morgan fingerprint density at radius 3 is 2.30 bits per heavy atom. The summed E-state index contributed by atoms with van der Waals surface area (Å²) in [5.74, 6) is 0. The van der Waals surface area contributed by atoms with Crippen LogP contribution >= 0.6 is 12.4 Å². The molecule has 0 unspecified atom stereocenters. The van der Waals surface area contributed by atoms with Gasteiger partial charge in [-0.2, -0.15) is 0 Å². The zero-order chi connectivity index (χ0) is 6.85. The standard InChI is InChI=1S/C7H9NO.ClH/c1-5-3-6(2)8-7(9)4-5;/h3-4H,1-2H3,(H,8,9);1H. The largest absolute Gasteiger partial charge is 0.327 e. The van der Waals surface area contributed by atoms with Crippen molar-refractivity contribution in [1.29, 1.82) is 0 Å². The van der Waals surface area contributed by atoms with Gasteiger partial charge >= 0.3 is 0 Å². The number of pyridine rings is 1. The van der Waals surface area contributed by atoms with Gasteiger partial charge in [-0.25, -0.2) is 0 Å². The van der Waals surface area contributed by atoms with E-state index in [2.05, 4.69) is 4.98 Å². The molecule has 0 radical (unpaired) electrons. The molecule has 0 bridgehead atoms. The van der Waals surface area contributed by atoms with Gasteiger partial charge in [0.1, 0.15) is 0 Å². The van der Waals surface area contributed by atoms with Crippen LogP contribution in [0.25, 0.3) is 0 Å². The summed E-state index contributed by atoms with van der Waals surface area (Å²) < 4.78 is 0. The highest BCUT2D eigenvalue weighted by Crippen LogP contribution is 1.92. The Balaban J connectivity index is 0.000000810. The summed E-state index contributed by atoms with van der Waals surface area (Å²) in [4.78, 5) is 13.3. The van der Waals surface area contributed by atoms with Crippen LogP contribution in [-0.4, -0.2) is 4.98 Å². The maximum atomic E-state index is 10.7. The minimum absolute atomic E-state index is 0. The van der Waals surface area contributed by atoms with Crippen LogP contribution < -0.4 is 5.56 Å². The molecule has 1 aromatic heterocycles. The van der Waals surface area contributed by atoms with Gasteiger partial charge in [0.15, 0.2) is 0 Å². The lowest BCUT2D eigenvalue weighted by atomic mass is 10.2. The van der Waals surface area contributed by atoms with Crippen molar-refractivity contribution < 1.29 is 0 Å². The monoisotopic (exact) mass is 159 g/mol. The van der Waals surface area contributed by atoms with E-state index in [9.17, 15) is 4.79 Å². The Morgan fingerprint density at radius 2 is 1.90 bits per heavy atom. The number of halogens is 1. The molecule has 1 rings (SSSR count). The van der Waals surface area contributed by atoms with Crippen LogP contribution in [0.5, 0.6) is 0 Å². The summed E-state index contributed by atoms with van der Waals surface area (Å²) in [7, 11) is 0. The number of hydrogen-bond donors (Lipinski definition) is 1. The van der Waals surface area contributed by atoms with Gasteiger partial charge in [0.2, 0.25) is 5.56 Å². The fraction of sp³-hybridized carbons (Fsp3) is 0.286. The van der Waals surface area contributed by atoms with Gasteiger partial charge in [0.05, 0.1) is 0 Å². The zero-order valence-corrected chi connectivity index (χ0v) is 6.79. The number of hydrogen-bond acceptors (Lipinski definition) is 1. The van der Waals surface area contributed by atoms with E-state index in [0.717, 1.165) is 11.3 Å². The molecule has 0 amide bonds. The van der Waals surface area contributed by atoms with Crippen molar-refractivity contribution in [2.24, 2.45) is 0 Å². The van der Waals surface area contributed by atoms with Gasteiger partial charge in [0.25, 0.3) is 0 Å². The average Bonchev–Trinajstić information content (AvgIpc) is 1.59. The summed E-state index contributed by atoms with van der Waals surface area (Å²) in [6, 6.07) is 3.51. The van der Waals surface area contributed by atoms with E-state index in [0.29, 0.717) is 0 Å². The zero-order valence-electron chi connectivity index (χ0n) is 5.97. The molecular weight excluding hydrogens is 150 g/mol. The molecule has 2 nitrogen and oxygen atoms in total. The van der Waals surface area contributed by atoms with Crippen molar-refractivity contribution in [3.8, 4) is 0 Å². The van der Waals surface area contributed by atoms with Gasteiger partial charge < -0.3 is 4.98 Å². The SMILES string of the molecule is Cc1cc(C)[nH]c(=O)c1.Cl. The average molecular weight is 160 g/mol. The van der Waals surface area contributed by atoms with E-state index >= 15 is 0 Å². The Bertz CT molecular complexity index is 243. The van der Waals surface area contributed by atoms with Crippen LogP contribution in [0, 0.1) is 13.8 Å². The second-order valence-electron chi connectivity index (χ2n) is 2.20. The van der Waals surface area contributed by atoms with Gasteiger partial charge in [-0.15, -0.1) is 12.4 Å². The van der Waals surface area contributed by atoms with Crippen LogP contribution in [0.1, 0.15) is 11.3 Å². The van der Waals surface area contributed by atoms with Gasteiger partial charge in [-0.1, -0.05) is 0 Å². The Hall–Kier alpha value is -0.760. The first kappa shape index (κ1) is 9.24. The predicted molar refractivity (Wildman–Crippen MR) is 43.8 cm³/mol. The second kappa shape index (κ2) is 3.42. The molecule has 0 atom stereocenters. The van der Waals surface area contributed by atoms with Crippen molar-refractivity contribution in [3.63, 3.8) is 0 Å². The number of H-pyrrole nitrogens is 1. The van der Waals surface area contributed by atoms with Crippen molar-refractivity contribution in [2.75, 3.05) is 0 Å². The van der Waals surface area contributed by atoms with Gasteiger partial charge in [-0.3, -0.25) is 4.79 Å². The summed E-state index contributed by atoms with van der Waals surface area (Å²) in [6.07, 6.45) is 0. The Labute approximate surface area is 65.7 Å². The molecular formula is C7H10ClNO. The third-order valence-electron chi connectivity index (χ3n) is 1.12. The molecule has 0 saturated heterocycles. The van der Waals surface area contributed by atoms with E-state index in [1.54, 1.807) is 6.07 Å². The third-order valence-corrected chi connectivity index (χ3v) is 1.12. The number of aromatic nitrogens is 1. The van der Waals surface area contributed by atoms with Crippen molar-refractivity contribution in [1.82, 2.24) is 4.98 Å². The second-order valence-corrected chi connectivity index (χ2v) is 2.20. The molecule has 1 N–H and O–H groups in total. The van der Waals surface area contributed by atoms with E-state index in [-0.39, 0.29) is 18.0 Å². The quantitative estimate of drug-likeness (QED) is 0.610. The first-order chi connectivity index (χ1) is 4.18. The molecule has 1 heterocycles. The molecule has 0 saturated carbocycles. The van der Waals surface area contributed by atoms with E-state index < -0.39 is 0 Å². The maximum Gasteiger partial charge on any atom is 0.248 e. The number of rotatable bonds is 0. The molecule has 0 spiro atoms. The Morgan fingerprint density at radius 1 is 1.30 bits per heavy atom. The number of nitrogens with one attached hydrogen (secondary N) is 1. The Kier molecular flexibility index (Phi) is 3.16. The molecule has 10 heavy (non-hydrogen) atoms. The number of aryl methyl sites for hydroxylation is 2. The lowest BCUT2D eigenvalue weighted by molar-refractivity contribution is 1.12. The number of aromatic amines is 1. The molecule has 0 aromatic carbocycles. The predicted octanol–water partition coefficient (Wildman–Crippen LogP) is 1.41. The summed E-state index contributed by atoms with van der Waals surface area (Å²) in [6.45, 7) is 3.77.